The van der Waals surface area contributed by atoms with Gasteiger partial charge in [-0.3, -0.25) is 0 Å². The van der Waals surface area contributed by atoms with Gasteiger partial charge in [-0.15, -0.1) is 0 Å². The quantitative estimate of drug-likeness (QED) is 0.774. The molecule has 0 amide bonds. The monoisotopic (exact) mass is 341 g/mol. The summed E-state index contributed by atoms with van der Waals surface area (Å²) in [6, 6.07) is 0. The van der Waals surface area contributed by atoms with E-state index in [0.717, 1.165) is 48.0 Å². The van der Waals surface area contributed by atoms with E-state index < -0.39 is 5.97 Å². The van der Waals surface area contributed by atoms with E-state index in [1.807, 2.05) is 17.7 Å². The Bertz CT molecular complexity index is 791. The molecule has 4 rings (SSSR count). The summed E-state index contributed by atoms with van der Waals surface area (Å²) >= 11 is 0. The number of fused-ring (bicyclic) bond motifs is 1. The lowest BCUT2D eigenvalue weighted by Gasteiger charge is -2.19. The number of piperidine rings is 1. The Morgan fingerprint density at radius 2 is 2.08 bits per heavy atom. The van der Waals surface area contributed by atoms with Crippen LogP contribution in [0.5, 0.6) is 0 Å². The van der Waals surface area contributed by atoms with Crippen LogP contribution in [-0.4, -0.2) is 45.2 Å². The Morgan fingerprint density at radius 1 is 1.32 bits per heavy atom. The second-order valence-corrected chi connectivity index (χ2v) is 7.02. The Balaban J connectivity index is 1.44. The lowest BCUT2D eigenvalue weighted by molar-refractivity contribution is 0.0520. The number of esters is 1. The van der Waals surface area contributed by atoms with Gasteiger partial charge in [-0.2, -0.15) is 0 Å². The molecule has 0 unspecified atom stereocenters. The number of ether oxygens (including phenoxy) is 1. The van der Waals surface area contributed by atoms with Crippen molar-refractivity contribution in [2.75, 3.05) is 24.6 Å². The summed E-state index contributed by atoms with van der Waals surface area (Å²) in [5.74, 6) is 2.96. The van der Waals surface area contributed by atoms with Gasteiger partial charge >= 0.3 is 5.97 Å². The Morgan fingerprint density at radius 3 is 2.76 bits per heavy atom. The average molecular weight is 341 g/mol. The summed E-state index contributed by atoms with van der Waals surface area (Å²) in [5, 5.41) is 0. The number of nitrogens with zero attached hydrogens (tertiary/aromatic N) is 5. The summed E-state index contributed by atoms with van der Waals surface area (Å²) in [4.78, 5) is 27.3. The molecule has 0 radical (unpaired) electrons. The summed E-state index contributed by atoms with van der Waals surface area (Å²) in [6.07, 6.45) is 5.21. The smallest absolute Gasteiger partial charge is 0.358 e. The Labute approximate surface area is 147 Å². The molecular formula is C18H23N5O2. The summed E-state index contributed by atoms with van der Waals surface area (Å²) in [6.45, 7) is 9.20. The molecule has 25 heavy (non-hydrogen) atoms. The molecule has 132 valence electrons. The number of rotatable bonds is 5. The van der Waals surface area contributed by atoms with E-state index in [1.54, 1.807) is 19.4 Å². The third-order valence-corrected chi connectivity index (χ3v) is 5.44. The van der Waals surface area contributed by atoms with E-state index in [4.69, 9.17) is 9.72 Å². The van der Waals surface area contributed by atoms with E-state index in [0.29, 0.717) is 18.8 Å². The minimum absolute atomic E-state index is 0.322. The van der Waals surface area contributed by atoms with Crippen LogP contribution in [0.4, 0.5) is 5.95 Å². The second kappa shape index (κ2) is 6.13. The highest BCUT2D eigenvalue weighted by Gasteiger charge is 2.53. The minimum atomic E-state index is -0.397. The lowest BCUT2D eigenvalue weighted by atomic mass is 10.2. The minimum Gasteiger partial charge on any atom is -0.461 e. The highest BCUT2D eigenvalue weighted by Crippen LogP contribution is 2.51. The number of hydrogen-bond donors (Lipinski definition) is 0. The van der Waals surface area contributed by atoms with Gasteiger partial charge in [0.25, 0.3) is 0 Å². The average Bonchev–Trinajstić information content (AvgIpc) is 3.03. The van der Waals surface area contributed by atoms with Gasteiger partial charge in [0, 0.05) is 36.7 Å². The first-order chi connectivity index (χ1) is 12.1. The van der Waals surface area contributed by atoms with Gasteiger partial charge in [-0.25, -0.2) is 19.7 Å². The maximum absolute atomic E-state index is 11.7. The fraction of sp³-hybridized carbons (Fsp3) is 0.556. The zero-order chi connectivity index (χ0) is 17.6. The van der Waals surface area contributed by atoms with E-state index in [2.05, 4.69) is 21.8 Å². The SMILES string of the molecule is CCOC(=O)c1cn(Cc2cnc(N3C[C@@H]4[C@H](C)[C@@H]4C3)nc2C)cn1. The molecule has 0 aromatic carbocycles. The van der Waals surface area contributed by atoms with Gasteiger partial charge in [0.1, 0.15) is 0 Å². The molecule has 3 heterocycles. The van der Waals surface area contributed by atoms with Gasteiger partial charge in [0.05, 0.1) is 19.5 Å². The first-order valence-corrected chi connectivity index (χ1v) is 8.83. The van der Waals surface area contributed by atoms with Crippen LogP contribution in [0.3, 0.4) is 0 Å². The van der Waals surface area contributed by atoms with Crippen molar-refractivity contribution in [3.05, 3.63) is 35.7 Å². The van der Waals surface area contributed by atoms with Crippen LogP contribution in [0.15, 0.2) is 18.7 Å². The molecule has 2 aliphatic rings. The first-order valence-electron chi connectivity index (χ1n) is 8.83. The molecule has 1 aliphatic carbocycles. The molecule has 0 N–H and O–H groups in total. The molecule has 2 aromatic heterocycles. The van der Waals surface area contributed by atoms with Gasteiger partial charge in [0.2, 0.25) is 5.95 Å². The van der Waals surface area contributed by atoms with Crippen molar-refractivity contribution in [1.82, 2.24) is 19.5 Å². The summed E-state index contributed by atoms with van der Waals surface area (Å²) in [7, 11) is 0. The van der Waals surface area contributed by atoms with Gasteiger partial charge < -0.3 is 14.2 Å². The maximum atomic E-state index is 11.7. The van der Waals surface area contributed by atoms with Crippen LogP contribution in [0.25, 0.3) is 0 Å². The molecule has 2 aromatic rings. The van der Waals surface area contributed by atoms with Crippen molar-refractivity contribution in [1.29, 1.82) is 0 Å². The number of carbonyl (C=O) groups is 1. The number of aryl methyl sites for hydroxylation is 1. The number of carbonyl (C=O) groups excluding carboxylic acids is 1. The summed E-state index contributed by atoms with van der Waals surface area (Å²) < 4.78 is 6.81. The van der Waals surface area contributed by atoms with E-state index in [-0.39, 0.29) is 0 Å². The zero-order valence-electron chi connectivity index (χ0n) is 14.8. The molecule has 7 heteroatoms. The maximum Gasteiger partial charge on any atom is 0.358 e. The molecule has 0 bridgehead atoms. The number of imidazole rings is 1. The van der Waals surface area contributed by atoms with Gasteiger partial charge in [0.15, 0.2) is 5.69 Å². The van der Waals surface area contributed by atoms with E-state index in [9.17, 15) is 4.79 Å². The number of aromatic nitrogens is 4. The van der Waals surface area contributed by atoms with Crippen LogP contribution in [0.1, 0.15) is 35.6 Å². The molecule has 2 fully saturated rings. The molecule has 0 spiro atoms. The molecule has 3 atom stereocenters. The number of anilines is 1. The fourth-order valence-corrected chi connectivity index (χ4v) is 3.73. The second-order valence-electron chi connectivity index (χ2n) is 7.02. The van der Waals surface area contributed by atoms with E-state index >= 15 is 0 Å². The summed E-state index contributed by atoms with van der Waals surface area (Å²) in [5.41, 5.74) is 2.31. The largest absolute Gasteiger partial charge is 0.461 e. The first kappa shape index (κ1) is 16.1. The topological polar surface area (TPSA) is 73.1 Å². The number of hydrogen-bond acceptors (Lipinski definition) is 6. The highest BCUT2D eigenvalue weighted by atomic mass is 16.5. The van der Waals surface area contributed by atoms with Crippen molar-refractivity contribution in [3.8, 4) is 0 Å². The van der Waals surface area contributed by atoms with Crippen LogP contribution in [0.2, 0.25) is 0 Å². The third kappa shape index (κ3) is 2.99. The van der Waals surface area contributed by atoms with Crippen LogP contribution >= 0.6 is 0 Å². The fourth-order valence-electron chi connectivity index (χ4n) is 3.73. The molecule has 1 saturated heterocycles. The Kier molecular flexibility index (Phi) is 3.94. The Hall–Kier alpha value is -2.44. The van der Waals surface area contributed by atoms with E-state index in [1.165, 1.54) is 0 Å². The third-order valence-electron chi connectivity index (χ3n) is 5.44. The lowest BCUT2D eigenvalue weighted by Crippen LogP contribution is -2.26. The predicted octanol–water partition coefficient (Wildman–Crippen LogP) is 1.91. The van der Waals surface area contributed by atoms with Crippen molar-refractivity contribution in [2.24, 2.45) is 17.8 Å². The zero-order valence-corrected chi connectivity index (χ0v) is 14.8. The molecular weight excluding hydrogens is 318 g/mol. The molecule has 1 saturated carbocycles. The van der Waals surface area contributed by atoms with Crippen molar-refractivity contribution >= 4 is 11.9 Å². The molecule has 1 aliphatic heterocycles. The normalized spacial score (nSPS) is 24.3. The highest BCUT2D eigenvalue weighted by molar-refractivity contribution is 5.86. The predicted molar refractivity (Wildman–Crippen MR) is 92.4 cm³/mol. The van der Waals surface area contributed by atoms with Crippen LogP contribution < -0.4 is 4.90 Å². The van der Waals surface area contributed by atoms with Crippen LogP contribution in [0, 0.1) is 24.7 Å². The van der Waals surface area contributed by atoms with Gasteiger partial charge in [-0.1, -0.05) is 6.92 Å². The standard InChI is InChI=1S/C18H23N5O2/c1-4-25-17(24)16-9-22(10-20-16)6-13-5-19-18(21-12(13)3)23-7-14-11(2)15(14)8-23/h5,9-11,14-15H,4,6-8H2,1-3H3/t11-,14+,15-. The van der Waals surface area contributed by atoms with Crippen LogP contribution in [-0.2, 0) is 11.3 Å². The van der Waals surface area contributed by atoms with Crippen molar-refractivity contribution < 1.29 is 9.53 Å². The molecule has 7 nitrogen and oxygen atoms in total. The van der Waals surface area contributed by atoms with Crippen molar-refractivity contribution in [3.63, 3.8) is 0 Å². The van der Waals surface area contributed by atoms with Crippen molar-refractivity contribution in [2.45, 2.75) is 27.3 Å². The van der Waals surface area contributed by atoms with Gasteiger partial charge in [-0.05, 0) is 31.6 Å².